The van der Waals surface area contributed by atoms with E-state index in [1.54, 1.807) is 0 Å². The summed E-state index contributed by atoms with van der Waals surface area (Å²) in [5, 5.41) is 15.0. The number of nitrogens with one attached hydrogen (secondary N) is 2. The van der Waals surface area contributed by atoms with Gasteiger partial charge in [0, 0.05) is 19.0 Å². The second-order valence-electron chi connectivity index (χ2n) is 6.27. The molecule has 0 aromatic carbocycles. The third kappa shape index (κ3) is 9.47. The Hall–Kier alpha value is -1.10. The van der Waals surface area contributed by atoms with Crippen LogP contribution in [0.4, 0.5) is 0 Å². The Morgan fingerprint density at radius 1 is 1.26 bits per heavy atom. The number of carbonyl (C=O) groups is 2. The molecule has 0 saturated heterocycles. The van der Waals surface area contributed by atoms with Gasteiger partial charge in [-0.25, -0.2) is 0 Å². The Balaban J connectivity index is 4.18. The molecular weight excluding hydrogens is 244 g/mol. The number of carboxylic acids is 1. The average molecular weight is 272 g/mol. The molecular formula is C14H28N2O3. The maximum absolute atomic E-state index is 11.7. The first kappa shape index (κ1) is 17.9. The summed E-state index contributed by atoms with van der Waals surface area (Å²) in [6.07, 6.45) is 0.918. The van der Waals surface area contributed by atoms with Crippen LogP contribution in [0, 0.1) is 11.3 Å². The highest BCUT2D eigenvalue weighted by Gasteiger charge is 2.25. The smallest absolute Gasteiger partial charge is 0.308 e. The van der Waals surface area contributed by atoms with Crippen molar-refractivity contribution in [3.8, 4) is 0 Å². The Bertz CT molecular complexity index is 298. The predicted octanol–water partition coefficient (Wildman–Crippen LogP) is 1.63. The minimum absolute atomic E-state index is 0.0646. The molecule has 0 radical (unpaired) electrons. The van der Waals surface area contributed by atoms with E-state index in [0.29, 0.717) is 12.8 Å². The van der Waals surface area contributed by atoms with Crippen molar-refractivity contribution in [1.29, 1.82) is 0 Å². The van der Waals surface area contributed by atoms with Crippen molar-refractivity contribution in [2.24, 2.45) is 11.3 Å². The lowest BCUT2D eigenvalue weighted by Gasteiger charge is -2.23. The topological polar surface area (TPSA) is 78.4 Å². The molecule has 0 heterocycles. The molecule has 0 aliphatic carbocycles. The number of hydrogen-bond donors (Lipinski definition) is 3. The molecule has 0 rings (SSSR count). The molecule has 112 valence electrons. The highest BCUT2D eigenvalue weighted by molar-refractivity contribution is 5.77. The summed E-state index contributed by atoms with van der Waals surface area (Å²) >= 11 is 0. The number of rotatable bonds is 8. The first-order valence-corrected chi connectivity index (χ1v) is 6.88. The van der Waals surface area contributed by atoms with E-state index in [1.165, 1.54) is 0 Å². The molecule has 0 aromatic heterocycles. The molecule has 0 aliphatic rings. The summed E-state index contributed by atoms with van der Waals surface area (Å²) in [6.45, 7) is 10.9. The lowest BCUT2D eigenvalue weighted by atomic mass is 9.84. The maximum atomic E-state index is 11.7. The second-order valence-corrected chi connectivity index (χ2v) is 6.27. The van der Waals surface area contributed by atoms with Gasteiger partial charge in [-0.05, 0) is 25.3 Å². The van der Waals surface area contributed by atoms with Gasteiger partial charge in [-0.3, -0.25) is 9.59 Å². The Labute approximate surface area is 116 Å². The SMILES string of the molecule is CCNC(C)CC(=O)NCC(CC(C)(C)C)C(=O)O. The highest BCUT2D eigenvalue weighted by Crippen LogP contribution is 2.24. The van der Waals surface area contributed by atoms with Gasteiger partial charge in [0.2, 0.25) is 5.91 Å². The zero-order valence-corrected chi connectivity index (χ0v) is 12.7. The molecule has 0 aromatic rings. The highest BCUT2D eigenvalue weighted by atomic mass is 16.4. The molecule has 3 N–H and O–H groups in total. The van der Waals surface area contributed by atoms with Crippen molar-refractivity contribution < 1.29 is 14.7 Å². The minimum atomic E-state index is -0.852. The van der Waals surface area contributed by atoms with Crippen LogP contribution >= 0.6 is 0 Å². The van der Waals surface area contributed by atoms with Gasteiger partial charge in [0.15, 0.2) is 0 Å². The molecule has 0 saturated carbocycles. The molecule has 5 heteroatoms. The second kappa shape index (κ2) is 8.15. The number of carboxylic acid groups (broad SMARTS) is 1. The number of amides is 1. The minimum Gasteiger partial charge on any atom is -0.481 e. The van der Waals surface area contributed by atoms with E-state index in [9.17, 15) is 9.59 Å². The predicted molar refractivity (Wildman–Crippen MR) is 76.0 cm³/mol. The normalized spacial score (nSPS) is 14.8. The van der Waals surface area contributed by atoms with Crippen LogP contribution in [0.15, 0.2) is 0 Å². The summed E-state index contributed by atoms with van der Waals surface area (Å²) in [5.41, 5.74) is -0.0646. The van der Waals surface area contributed by atoms with Crippen LogP contribution < -0.4 is 10.6 Å². The van der Waals surface area contributed by atoms with Gasteiger partial charge in [0.1, 0.15) is 0 Å². The van der Waals surface area contributed by atoms with Crippen LogP contribution in [0.1, 0.15) is 47.5 Å². The van der Waals surface area contributed by atoms with Crippen LogP contribution in [0.3, 0.4) is 0 Å². The first-order chi connectivity index (χ1) is 8.65. The monoisotopic (exact) mass is 272 g/mol. The zero-order chi connectivity index (χ0) is 15.1. The third-order valence-electron chi connectivity index (χ3n) is 2.80. The molecule has 19 heavy (non-hydrogen) atoms. The fraction of sp³-hybridized carbons (Fsp3) is 0.857. The average Bonchev–Trinajstić information content (AvgIpc) is 2.22. The molecule has 0 spiro atoms. The van der Waals surface area contributed by atoms with E-state index in [2.05, 4.69) is 10.6 Å². The van der Waals surface area contributed by atoms with Gasteiger partial charge < -0.3 is 15.7 Å². The molecule has 0 bridgehead atoms. The van der Waals surface area contributed by atoms with Crippen LogP contribution in [-0.2, 0) is 9.59 Å². The van der Waals surface area contributed by atoms with Gasteiger partial charge in [0.05, 0.1) is 5.92 Å². The quantitative estimate of drug-likeness (QED) is 0.627. The van der Waals surface area contributed by atoms with Gasteiger partial charge in [-0.2, -0.15) is 0 Å². The van der Waals surface area contributed by atoms with E-state index in [1.807, 2.05) is 34.6 Å². The largest absolute Gasteiger partial charge is 0.481 e. The molecule has 0 aliphatic heterocycles. The Morgan fingerprint density at radius 3 is 2.26 bits per heavy atom. The van der Waals surface area contributed by atoms with Crippen LogP contribution in [0.2, 0.25) is 0 Å². The van der Waals surface area contributed by atoms with Gasteiger partial charge in [-0.1, -0.05) is 27.7 Å². The van der Waals surface area contributed by atoms with E-state index in [4.69, 9.17) is 5.11 Å². The summed E-state index contributed by atoms with van der Waals surface area (Å²) in [4.78, 5) is 22.8. The summed E-state index contributed by atoms with van der Waals surface area (Å²) in [5.74, 6) is -1.48. The Morgan fingerprint density at radius 2 is 1.84 bits per heavy atom. The van der Waals surface area contributed by atoms with Crippen molar-refractivity contribution in [3.05, 3.63) is 0 Å². The number of hydrogen-bond acceptors (Lipinski definition) is 3. The molecule has 0 fully saturated rings. The van der Waals surface area contributed by atoms with Gasteiger partial charge in [0.25, 0.3) is 0 Å². The van der Waals surface area contributed by atoms with Crippen LogP contribution in [0.5, 0.6) is 0 Å². The van der Waals surface area contributed by atoms with Gasteiger partial charge >= 0.3 is 5.97 Å². The van der Waals surface area contributed by atoms with E-state index in [-0.39, 0.29) is 23.9 Å². The van der Waals surface area contributed by atoms with Crippen LogP contribution in [0.25, 0.3) is 0 Å². The lowest BCUT2D eigenvalue weighted by molar-refractivity contribution is -0.142. The molecule has 5 nitrogen and oxygen atoms in total. The summed E-state index contributed by atoms with van der Waals surface area (Å²) < 4.78 is 0. The fourth-order valence-electron chi connectivity index (χ4n) is 1.99. The van der Waals surface area contributed by atoms with Crippen molar-refractivity contribution in [2.45, 2.75) is 53.5 Å². The van der Waals surface area contributed by atoms with Crippen molar-refractivity contribution in [1.82, 2.24) is 10.6 Å². The standard InChI is InChI=1S/C14H28N2O3/c1-6-15-10(2)7-12(17)16-9-11(13(18)19)8-14(3,4)5/h10-11,15H,6-9H2,1-5H3,(H,16,17)(H,18,19). The van der Waals surface area contributed by atoms with Crippen LogP contribution in [-0.4, -0.2) is 36.1 Å². The Kier molecular flexibility index (Phi) is 7.68. The summed E-state index contributed by atoms with van der Waals surface area (Å²) in [7, 11) is 0. The van der Waals surface area contributed by atoms with E-state index < -0.39 is 11.9 Å². The molecule has 1 amide bonds. The molecule has 2 atom stereocenters. The van der Waals surface area contributed by atoms with Crippen molar-refractivity contribution in [3.63, 3.8) is 0 Å². The van der Waals surface area contributed by atoms with Gasteiger partial charge in [-0.15, -0.1) is 0 Å². The third-order valence-corrected chi connectivity index (χ3v) is 2.80. The fourth-order valence-corrected chi connectivity index (χ4v) is 1.99. The lowest BCUT2D eigenvalue weighted by Crippen LogP contribution is -2.38. The zero-order valence-electron chi connectivity index (χ0n) is 12.7. The first-order valence-electron chi connectivity index (χ1n) is 6.88. The number of aliphatic carboxylic acids is 1. The van der Waals surface area contributed by atoms with Crippen molar-refractivity contribution in [2.75, 3.05) is 13.1 Å². The maximum Gasteiger partial charge on any atom is 0.308 e. The van der Waals surface area contributed by atoms with E-state index in [0.717, 1.165) is 6.54 Å². The number of carbonyl (C=O) groups excluding carboxylic acids is 1. The molecule has 2 unspecified atom stereocenters. The summed E-state index contributed by atoms with van der Waals surface area (Å²) in [6, 6.07) is 0.107. The van der Waals surface area contributed by atoms with E-state index >= 15 is 0 Å². The van der Waals surface area contributed by atoms with Crippen molar-refractivity contribution >= 4 is 11.9 Å².